The van der Waals surface area contributed by atoms with E-state index in [1.54, 1.807) is 11.9 Å². The lowest BCUT2D eigenvalue weighted by atomic mass is 9.87. The van der Waals surface area contributed by atoms with Gasteiger partial charge in [-0.05, 0) is 102 Å². The van der Waals surface area contributed by atoms with Crippen LogP contribution in [0.1, 0.15) is 66.2 Å². The van der Waals surface area contributed by atoms with Gasteiger partial charge < -0.3 is 44.3 Å². The number of rotatable bonds is 11. The van der Waals surface area contributed by atoms with Crippen molar-refractivity contribution in [2.45, 2.75) is 95.6 Å². The highest BCUT2D eigenvalue weighted by Crippen LogP contribution is 2.45. The molecule has 8 rings (SSSR count). The fourth-order valence-corrected chi connectivity index (χ4v) is 9.41. The lowest BCUT2D eigenvalue weighted by Gasteiger charge is -2.41. The molecule has 13 heteroatoms. The molecule has 5 saturated heterocycles. The monoisotopic (exact) mass is 757 g/mol. The zero-order valence-electron chi connectivity index (χ0n) is 32.8. The molecule has 3 N–H and O–H groups in total. The molecule has 2 spiro atoms. The maximum absolute atomic E-state index is 7.11. The molecule has 3 aromatic rings. The van der Waals surface area contributed by atoms with Gasteiger partial charge in [0.15, 0.2) is 0 Å². The van der Waals surface area contributed by atoms with Crippen molar-refractivity contribution >= 4 is 46.9 Å². The van der Waals surface area contributed by atoms with Crippen molar-refractivity contribution in [3.8, 4) is 11.1 Å². The van der Waals surface area contributed by atoms with Gasteiger partial charge in [-0.1, -0.05) is 18.0 Å². The summed E-state index contributed by atoms with van der Waals surface area (Å²) in [7, 11) is 0. The summed E-state index contributed by atoms with van der Waals surface area (Å²) >= 11 is 1.57. The van der Waals surface area contributed by atoms with Crippen LogP contribution in [0.5, 0.6) is 0 Å². The van der Waals surface area contributed by atoms with Gasteiger partial charge in [-0.2, -0.15) is 0 Å². The van der Waals surface area contributed by atoms with E-state index in [9.17, 15) is 0 Å². The zero-order chi connectivity index (χ0) is 37.3. The number of piperidine rings is 1. The van der Waals surface area contributed by atoms with Gasteiger partial charge in [0.2, 0.25) is 0 Å². The molecule has 3 unspecified atom stereocenters. The van der Waals surface area contributed by atoms with Gasteiger partial charge in [-0.25, -0.2) is 15.0 Å². The van der Waals surface area contributed by atoms with Crippen LogP contribution < -0.4 is 30.1 Å². The molecule has 5 aliphatic rings. The molecule has 0 bridgehead atoms. The molecule has 292 valence electrons. The second-order valence-electron chi connectivity index (χ2n) is 16.6. The molecular weight excluding hydrogens is 699 g/mol. The molecule has 54 heavy (non-hydrogen) atoms. The number of morpholine rings is 1. The van der Waals surface area contributed by atoms with Crippen LogP contribution in [0.4, 0.5) is 34.9 Å². The second kappa shape index (κ2) is 15.9. The van der Waals surface area contributed by atoms with Gasteiger partial charge in [0.1, 0.15) is 40.5 Å². The fourth-order valence-electron chi connectivity index (χ4n) is 9.09. The Kier molecular flexibility index (Phi) is 11.0. The number of aromatic nitrogens is 3. The molecule has 0 aromatic carbocycles. The third-order valence-electron chi connectivity index (χ3n) is 11.8. The number of pyridine rings is 3. The van der Waals surface area contributed by atoms with E-state index in [-0.39, 0.29) is 17.2 Å². The van der Waals surface area contributed by atoms with Crippen molar-refractivity contribution in [3.05, 3.63) is 42.5 Å². The first-order valence-corrected chi connectivity index (χ1v) is 21.4. The molecule has 3 aromatic heterocycles. The number of ether oxygens (including phenoxy) is 3. The Morgan fingerprint density at radius 1 is 0.759 bits per heavy atom. The molecule has 8 heterocycles. The van der Waals surface area contributed by atoms with E-state index in [1.807, 2.05) is 6.26 Å². The summed E-state index contributed by atoms with van der Waals surface area (Å²) < 4.78 is 22.6. The number of nitrogens with zero attached hydrogens (tertiary/aromatic N) is 6. The van der Waals surface area contributed by atoms with Crippen LogP contribution in [0.15, 0.2) is 42.5 Å². The second-order valence-corrected chi connectivity index (χ2v) is 17.2. The average molecular weight is 758 g/mol. The Labute approximate surface area is 325 Å². The maximum Gasteiger partial charge on any atom is 0.138 e. The first kappa shape index (κ1) is 37.4. The Morgan fingerprint density at radius 3 is 2.35 bits per heavy atom. The van der Waals surface area contributed by atoms with E-state index < -0.39 is 0 Å². The van der Waals surface area contributed by atoms with Gasteiger partial charge in [0.25, 0.3) is 0 Å². The van der Waals surface area contributed by atoms with Crippen LogP contribution in [-0.4, -0.2) is 110 Å². The molecule has 5 fully saturated rings. The lowest BCUT2D eigenvalue weighted by molar-refractivity contribution is -0.0724. The highest BCUT2D eigenvalue weighted by atomic mass is 32.2. The van der Waals surface area contributed by atoms with Crippen molar-refractivity contribution in [1.82, 2.24) is 15.0 Å². The minimum Gasteiger partial charge on any atom is -0.378 e. The van der Waals surface area contributed by atoms with Crippen molar-refractivity contribution in [3.63, 3.8) is 0 Å². The smallest absolute Gasteiger partial charge is 0.138 e. The minimum atomic E-state index is -0.254. The van der Waals surface area contributed by atoms with E-state index in [1.165, 1.54) is 0 Å². The van der Waals surface area contributed by atoms with Crippen LogP contribution in [-0.2, 0) is 14.2 Å². The van der Waals surface area contributed by atoms with Crippen LogP contribution in [0.2, 0.25) is 0 Å². The molecular formula is C41H59N9O3S. The summed E-state index contributed by atoms with van der Waals surface area (Å²) in [4.78, 5) is 22.6. The molecule has 3 atom stereocenters. The van der Waals surface area contributed by atoms with Gasteiger partial charge in [0.05, 0.1) is 31.5 Å². The minimum absolute atomic E-state index is 0.0579. The average Bonchev–Trinajstić information content (AvgIpc) is 3.93. The summed E-state index contributed by atoms with van der Waals surface area (Å²) in [6.07, 6.45) is 8.69. The molecule has 12 nitrogen and oxygen atoms in total. The normalized spacial score (nSPS) is 25.4. The number of hydrogen-bond acceptors (Lipinski definition) is 13. The fraction of sp³-hybridized carbons (Fsp3) is 0.634. The maximum atomic E-state index is 7.11. The van der Waals surface area contributed by atoms with Crippen molar-refractivity contribution in [2.24, 2.45) is 5.92 Å². The summed E-state index contributed by atoms with van der Waals surface area (Å²) in [5.74, 6) is 6.27. The molecule has 0 radical (unpaired) electrons. The van der Waals surface area contributed by atoms with Gasteiger partial charge in [-0.3, -0.25) is 0 Å². The Bertz CT molecular complexity index is 1750. The molecule has 0 saturated carbocycles. The number of anilines is 6. The largest absolute Gasteiger partial charge is 0.378 e. The number of nitrogens with one attached hydrogen (secondary N) is 3. The first-order chi connectivity index (χ1) is 26.2. The number of hydrogen-bond donors (Lipinski definition) is 3. The molecule has 0 aliphatic carbocycles. The van der Waals surface area contributed by atoms with Crippen LogP contribution >= 0.6 is 11.9 Å². The highest BCUT2D eigenvalue weighted by Gasteiger charge is 2.46. The standard InChI is InChI=1S/C41H59N9O3S/c1-28(2)42-34-7-6-8-37(44-34)49-17-12-30(25-49)33-11-13-40(53-33)14-18-48(19-15-40)39-32(9-10-35(46-39)47-54-5)31-23-36(43-29(3)4)45-38(24-31)50-20-22-52-41(26-50)16-21-51-27-41/h6-10,23-24,28-30,33H,11-22,25-27H2,1-5H3,(H,42,44)(H,43,45)(H,46,47). The third kappa shape index (κ3) is 8.20. The van der Waals surface area contributed by atoms with Gasteiger partial charge in [-0.15, -0.1) is 0 Å². The van der Waals surface area contributed by atoms with Crippen molar-refractivity contribution in [1.29, 1.82) is 0 Å². The van der Waals surface area contributed by atoms with E-state index in [0.717, 1.165) is 130 Å². The third-order valence-corrected chi connectivity index (χ3v) is 12.2. The predicted molar refractivity (Wildman–Crippen MR) is 221 cm³/mol. The zero-order valence-corrected chi connectivity index (χ0v) is 33.6. The van der Waals surface area contributed by atoms with Crippen LogP contribution in [0.3, 0.4) is 0 Å². The van der Waals surface area contributed by atoms with Crippen molar-refractivity contribution < 1.29 is 14.2 Å². The van der Waals surface area contributed by atoms with E-state index in [4.69, 9.17) is 29.2 Å². The summed E-state index contributed by atoms with van der Waals surface area (Å²) in [5.41, 5.74) is 1.93. The highest BCUT2D eigenvalue weighted by molar-refractivity contribution is 7.99. The summed E-state index contributed by atoms with van der Waals surface area (Å²) in [5, 5.41) is 7.05. The van der Waals surface area contributed by atoms with E-state index in [0.29, 0.717) is 31.3 Å². The first-order valence-electron chi connectivity index (χ1n) is 20.2. The SMILES string of the molecule is CSNc1ccc(-c2cc(NC(C)C)nc(N3CCOC4(CCOC4)C3)c2)c(N2CCC3(CCC(C4CCN(c5cccc(NC(C)C)n5)C4)O3)CC2)n1. The quantitative estimate of drug-likeness (QED) is 0.177. The molecule has 5 aliphatic heterocycles. The van der Waals surface area contributed by atoms with Crippen LogP contribution in [0.25, 0.3) is 11.1 Å². The summed E-state index contributed by atoms with van der Waals surface area (Å²) in [6, 6.07) is 15.7. The molecule has 0 amide bonds. The van der Waals surface area contributed by atoms with Crippen molar-refractivity contribution in [2.75, 3.05) is 95.4 Å². The van der Waals surface area contributed by atoms with E-state index >= 15 is 0 Å². The lowest BCUT2D eigenvalue weighted by Crippen LogP contribution is -2.52. The topological polar surface area (TPSA) is 112 Å². The van der Waals surface area contributed by atoms with Crippen LogP contribution in [0, 0.1) is 5.92 Å². The van der Waals surface area contributed by atoms with E-state index in [2.05, 4.69) is 100 Å². The van der Waals surface area contributed by atoms with Gasteiger partial charge >= 0.3 is 0 Å². The summed E-state index contributed by atoms with van der Waals surface area (Å²) in [6.45, 7) is 16.1. The Hall–Kier alpha value is -3.52. The Morgan fingerprint density at radius 2 is 1.57 bits per heavy atom. The van der Waals surface area contributed by atoms with Gasteiger partial charge in [0, 0.05) is 75.6 Å². The Balaban J connectivity index is 0.984. The predicted octanol–water partition coefficient (Wildman–Crippen LogP) is 6.91.